The topological polar surface area (TPSA) is 61.8 Å². The van der Waals surface area contributed by atoms with Crippen molar-refractivity contribution in [3.05, 3.63) is 12.7 Å². The van der Waals surface area contributed by atoms with Crippen LogP contribution < -0.4 is 0 Å². The van der Waals surface area contributed by atoms with Crippen molar-refractivity contribution >= 4 is 15.0 Å². The van der Waals surface area contributed by atoms with E-state index in [2.05, 4.69) is 6.58 Å². The Morgan fingerprint density at radius 1 is 0.950 bits per heavy atom. The van der Waals surface area contributed by atoms with Crippen molar-refractivity contribution in [1.29, 1.82) is 0 Å². The van der Waals surface area contributed by atoms with Gasteiger partial charge in [0, 0.05) is 6.16 Å². The van der Waals surface area contributed by atoms with Gasteiger partial charge >= 0.3 is 7.60 Å². The molecule has 0 aliphatic carbocycles. The van der Waals surface area contributed by atoms with Crippen LogP contribution in [0.25, 0.3) is 0 Å². The maximum Gasteiger partial charge on any atom is 0.340 e. The van der Waals surface area contributed by atoms with Crippen molar-refractivity contribution in [3.8, 4) is 0 Å². The molecule has 20 heavy (non-hydrogen) atoms. The first-order valence-electron chi connectivity index (χ1n) is 7.17. The molecule has 0 fully saturated rings. The summed E-state index contributed by atoms with van der Waals surface area (Å²) in [6.07, 6.45) is 4.76. The second-order valence-electron chi connectivity index (χ2n) is 4.33. The van der Waals surface area contributed by atoms with Gasteiger partial charge in [-0.1, -0.05) is 6.08 Å². The Morgan fingerprint density at radius 2 is 1.50 bits per heavy atom. The van der Waals surface area contributed by atoms with Crippen LogP contribution in [-0.2, 0) is 22.7 Å². The predicted molar refractivity (Wildman–Crippen MR) is 83.9 cm³/mol. The van der Waals surface area contributed by atoms with E-state index in [-0.39, 0.29) is 19.1 Å². The van der Waals surface area contributed by atoms with Crippen LogP contribution >= 0.6 is 15.0 Å². The van der Waals surface area contributed by atoms with Gasteiger partial charge in [0.1, 0.15) is 5.90 Å². The van der Waals surface area contributed by atoms with Crippen molar-refractivity contribution in [3.63, 3.8) is 0 Å². The van der Waals surface area contributed by atoms with Crippen molar-refractivity contribution in [2.75, 3.05) is 31.9 Å². The quantitative estimate of drug-likeness (QED) is 0.274. The van der Waals surface area contributed by atoms with E-state index in [1.54, 1.807) is 20.8 Å². The second kappa shape index (κ2) is 10.8. The van der Waals surface area contributed by atoms with Gasteiger partial charge in [-0.15, -0.1) is 6.58 Å². The molecule has 0 aromatic carbocycles. The summed E-state index contributed by atoms with van der Waals surface area (Å²) < 4.78 is 41.0. The summed E-state index contributed by atoms with van der Waals surface area (Å²) in [5.41, 5.74) is 0. The maximum absolute atomic E-state index is 12.8. The normalized spacial score (nSPS) is 14.9. The molecule has 7 heteroatoms. The van der Waals surface area contributed by atoms with Gasteiger partial charge in [-0.3, -0.25) is 9.13 Å². The molecule has 0 N–H and O–H groups in total. The van der Waals surface area contributed by atoms with Gasteiger partial charge < -0.3 is 13.6 Å². The van der Waals surface area contributed by atoms with Gasteiger partial charge in [0.2, 0.25) is 7.37 Å². The number of hydrogen-bond donors (Lipinski definition) is 0. The molecular weight excluding hydrogens is 298 g/mol. The summed E-state index contributed by atoms with van der Waals surface area (Å²) in [4.78, 5) is 0. The van der Waals surface area contributed by atoms with Gasteiger partial charge in [-0.2, -0.15) is 0 Å². The largest absolute Gasteiger partial charge is 0.340 e. The molecule has 5 nitrogen and oxygen atoms in total. The van der Waals surface area contributed by atoms with E-state index in [1.807, 2.05) is 6.08 Å². The third-order valence-electron chi connectivity index (χ3n) is 2.56. The summed E-state index contributed by atoms with van der Waals surface area (Å²) in [5.74, 6) is -0.135. The highest BCUT2D eigenvalue weighted by Gasteiger charge is 2.36. The minimum absolute atomic E-state index is 0.135. The summed E-state index contributed by atoms with van der Waals surface area (Å²) in [5, 5.41) is 0. The zero-order valence-electron chi connectivity index (χ0n) is 12.9. The van der Waals surface area contributed by atoms with E-state index in [0.29, 0.717) is 12.8 Å². The first kappa shape index (κ1) is 20.1. The van der Waals surface area contributed by atoms with Crippen LogP contribution in [0.2, 0.25) is 0 Å². The van der Waals surface area contributed by atoms with Crippen LogP contribution in [0.1, 0.15) is 40.0 Å². The Hall–Kier alpha value is 0.0800. The Morgan fingerprint density at radius 3 is 1.95 bits per heavy atom. The van der Waals surface area contributed by atoms with E-state index >= 15 is 0 Å². The van der Waals surface area contributed by atoms with Gasteiger partial charge in [-0.25, -0.2) is 0 Å². The standard InChI is InChI=1S/C13H28O5P2/c1-5-9-10-11-12-19(14,16-6-2)13-20(15,17-7-3)18-8-4/h5H,1,6-13H2,2-4H3/t19-/m0/s1. The summed E-state index contributed by atoms with van der Waals surface area (Å²) >= 11 is 0. The molecular formula is C13H28O5P2. The Labute approximate surface area is 123 Å². The first-order valence-corrected chi connectivity index (χ1v) is 10.9. The van der Waals surface area contributed by atoms with E-state index in [9.17, 15) is 9.13 Å². The second-order valence-corrected chi connectivity index (χ2v) is 9.53. The molecule has 0 radical (unpaired) electrons. The van der Waals surface area contributed by atoms with Crippen LogP contribution in [0, 0.1) is 0 Å². The van der Waals surface area contributed by atoms with Gasteiger partial charge in [0.05, 0.1) is 19.8 Å². The third-order valence-corrected chi connectivity index (χ3v) is 8.70. The van der Waals surface area contributed by atoms with Crippen molar-refractivity contribution in [2.45, 2.75) is 40.0 Å². The summed E-state index contributed by atoms with van der Waals surface area (Å²) in [6.45, 7) is 9.77. The van der Waals surface area contributed by atoms with Gasteiger partial charge in [0.25, 0.3) is 0 Å². The molecule has 120 valence electrons. The zero-order valence-corrected chi connectivity index (χ0v) is 14.7. The van der Waals surface area contributed by atoms with E-state index in [1.165, 1.54) is 0 Å². The average Bonchev–Trinajstić information content (AvgIpc) is 2.35. The molecule has 0 saturated carbocycles. The molecule has 0 aromatic rings. The zero-order chi connectivity index (χ0) is 15.5. The molecule has 0 unspecified atom stereocenters. The molecule has 1 atom stereocenters. The summed E-state index contributed by atoms with van der Waals surface area (Å²) in [6, 6.07) is 0. The van der Waals surface area contributed by atoms with Crippen molar-refractivity contribution in [2.24, 2.45) is 0 Å². The lowest BCUT2D eigenvalue weighted by Crippen LogP contribution is -2.06. The first-order chi connectivity index (χ1) is 9.45. The molecule has 0 rings (SSSR count). The van der Waals surface area contributed by atoms with E-state index < -0.39 is 15.0 Å². The van der Waals surface area contributed by atoms with Crippen LogP contribution in [-0.4, -0.2) is 31.9 Å². The molecule has 0 heterocycles. The lowest BCUT2D eigenvalue weighted by Gasteiger charge is -2.23. The number of rotatable bonds is 13. The minimum atomic E-state index is -3.33. The molecule has 0 aliphatic rings. The Kier molecular flexibility index (Phi) is 10.8. The monoisotopic (exact) mass is 326 g/mol. The molecule has 0 spiro atoms. The fourth-order valence-corrected chi connectivity index (χ4v) is 7.65. The van der Waals surface area contributed by atoms with Gasteiger partial charge in [-0.05, 0) is 40.0 Å². The highest BCUT2D eigenvalue weighted by Crippen LogP contribution is 2.63. The predicted octanol–water partition coefficient (Wildman–Crippen LogP) is 4.88. The molecule has 0 bridgehead atoms. The average molecular weight is 326 g/mol. The Balaban J connectivity index is 4.72. The highest BCUT2D eigenvalue weighted by molar-refractivity contribution is 7.73. The minimum Gasteiger partial charge on any atom is -0.328 e. The number of allylic oxidation sites excluding steroid dienone is 1. The van der Waals surface area contributed by atoms with Crippen molar-refractivity contribution < 1.29 is 22.7 Å². The molecule has 0 aliphatic heterocycles. The molecule has 0 amide bonds. The lowest BCUT2D eigenvalue weighted by molar-refractivity contribution is 0.222. The third kappa shape index (κ3) is 8.39. The maximum atomic E-state index is 12.8. The van der Waals surface area contributed by atoms with E-state index in [4.69, 9.17) is 13.6 Å². The van der Waals surface area contributed by atoms with Crippen LogP contribution in [0.15, 0.2) is 12.7 Å². The lowest BCUT2D eigenvalue weighted by atomic mass is 10.2. The number of unbranched alkanes of at least 4 members (excludes halogenated alkanes) is 2. The smallest absolute Gasteiger partial charge is 0.328 e. The molecule has 0 saturated heterocycles. The Bertz CT molecular complexity index is 347. The summed E-state index contributed by atoms with van der Waals surface area (Å²) in [7, 11) is -6.32. The van der Waals surface area contributed by atoms with Crippen LogP contribution in [0.3, 0.4) is 0 Å². The van der Waals surface area contributed by atoms with E-state index in [0.717, 1.165) is 19.3 Å². The van der Waals surface area contributed by atoms with Gasteiger partial charge in [0.15, 0.2) is 0 Å². The van der Waals surface area contributed by atoms with Crippen molar-refractivity contribution in [1.82, 2.24) is 0 Å². The van der Waals surface area contributed by atoms with Crippen LogP contribution in [0.5, 0.6) is 0 Å². The fraction of sp³-hybridized carbons (Fsp3) is 0.846. The van der Waals surface area contributed by atoms with Crippen LogP contribution in [0.4, 0.5) is 0 Å². The number of hydrogen-bond acceptors (Lipinski definition) is 5. The SMILES string of the molecule is C=CCCCC[P@@](=O)(CP(=O)(OCC)OCC)OCC. The molecule has 0 aromatic heterocycles. The highest BCUT2D eigenvalue weighted by atomic mass is 31.2. The fourth-order valence-electron chi connectivity index (χ4n) is 1.83.